The topological polar surface area (TPSA) is 46.1 Å². The molecule has 3 aromatic rings. The zero-order valence-electron chi connectivity index (χ0n) is 14.4. The lowest BCUT2D eigenvalue weighted by molar-refractivity contribution is -0.123. The Morgan fingerprint density at radius 1 is 1.23 bits per heavy atom. The van der Waals surface area contributed by atoms with E-state index >= 15 is 0 Å². The van der Waals surface area contributed by atoms with Crippen molar-refractivity contribution < 1.29 is 9.18 Å². The van der Waals surface area contributed by atoms with Crippen LogP contribution in [0.2, 0.25) is 0 Å². The number of anilines is 1. The van der Waals surface area contributed by atoms with Gasteiger partial charge in [-0.25, -0.2) is 9.37 Å². The minimum absolute atomic E-state index is 0.0455. The number of carbonyl (C=O) groups is 1. The summed E-state index contributed by atoms with van der Waals surface area (Å²) < 4.78 is 14.4. The molecule has 1 aliphatic rings. The van der Waals surface area contributed by atoms with Gasteiger partial charge in [-0.1, -0.05) is 36.7 Å². The van der Waals surface area contributed by atoms with Crippen molar-refractivity contribution in [1.82, 2.24) is 9.97 Å². The summed E-state index contributed by atoms with van der Waals surface area (Å²) >= 11 is 1.43. The standard InChI is InChI=1S/C20H20FN3OS/c21-16-8-9-18-17(11-16)23-20(26-18)24(13-14-5-4-10-22-12-14)19(25)15-6-2-1-3-7-15/h4-5,8-12,15H,1-3,6-7,13H2. The molecule has 4 nitrogen and oxygen atoms in total. The van der Waals surface area contributed by atoms with E-state index in [1.165, 1.54) is 29.9 Å². The van der Waals surface area contributed by atoms with Gasteiger partial charge in [-0.15, -0.1) is 0 Å². The summed E-state index contributed by atoms with van der Waals surface area (Å²) in [5, 5.41) is 0.630. The third-order valence-electron chi connectivity index (χ3n) is 4.85. The molecule has 1 fully saturated rings. The van der Waals surface area contributed by atoms with E-state index in [0.29, 0.717) is 17.2 Å². The number of halogens is 1. The fourth-order valence-corrected chi connectivity index (χ4v) is 4.44. The molecule has 0 atom stereocenters. The second kappa shape index (κ2) is 7.50. The summed E-state index contributed by atoms with van der Waals surface area (Å²) in [6, 6.07) is 8.40. The molecule has 0 saturated heterocycles. The molecule has 0 unspecified atom stereocenters. The maximum Gasteiger partial charge on any atom is 0.232 e. The van der Waals surface area contributed by atoms with Crippen molar-refractivity contribution in [1.29, 1.82) is 0 Å². The van der Waals surface area contributed by atoms with Crippen LogP contribution in [0.3, 0.4) is 0 Å². The first-order valence-corrected chi connectivity index (χ1v) is 9.79. The first-order chi connectivity index (χ1) is 12.7. The van der Waals surface area contributed by atoms with Crippen LogP contribution in [-0.4, -0.2) is 15.9 Å². The van der Waals surface area contributed by atoms with Gasteiger partial charge in [-0.2, -0.15) is 0 Å². The third-order valence-corrected chi connectivity index (χ3v) is 5.91. The lowest BCUT2D eigenvalue weighted by Crippen LogP contribution is -2.36. The summed E-state index contributed by atoms with van der Waals surface area (Å²) in [5.41, 5.74) is 1.56. The van der Waals surface area contributed by atoms with E-state index in [1.54, 1.807) is 23.4 Å². The normalized spacial score (nSPS) is 15.3. The van der Waals surface area contributed by atoms with Crippen LogP contribution < -0.4 is 4.90 Å². The molecule has 1 aromatic carbocycles. The second-order valence-corrected chi connectivity index (χ2v) is 7.74. The highest BCUT2D eigenvalue weighted by Gasteiger charge is 2.29. The van der Waals surface area contributed by atoms with Crippen LogP contribution in [-0.2, 0) is 11.3 Å². The van der Waals surface area contributed by atoms with Gasteiger partial charge in [0.2, 0.25) is 5.91 Å². The molecule has 0 spiro atoms. The van der Waals surface area contributed by atoms with Crippen molar-refractivity contribution in [3.05, 3.63) is 54.1 Å². The Balaban J connectivity index is 1.69. The van der Waals surface area contributed by atoms with Gasteiger partial charge in [0.1, 0.15) is 5.82 Å². The zero-order valence-corrected chi connectivity index (χ0v) is 15.2. The molecule has 134 valence electrons. The van der Waals surface area contributed by atoms with Gasteiger partial charge in [0.25, 0.3) is 0 Å². The molecule has 1 saturated carbocycles. The molecular weight excluding hydrogens is 349 g/mol. The van der Waals surface area contributed by atoms with Crippen molar-refractivity contribution in [2.75, 3.05) is 4.90 Å². The van der Waals surface area contributed by atoms with Crippen molar-refractivity contribution in [3.63, 3.8) is 0 Å². The minimum Gasteiger partial charge on any atom is -0.283 e. The maximum absolute atomic E-state index is 13.5. The van der Waals surface area contributed by atoms with Crippen molar-refractivity contribution in [2.24, 2.45) is 5.92 Å². The Morgan fingerprint density at radius 3 is 2.85 bits per heavy atom. The van der Waals surface area contributed by atoms with Crippen LogP contribution >= 0.6 is 11.3 Å². The van der Waals surface area contributed by atoms with Crippen molar-refractivity contribution >= 4 is 32.6 Å². The average molecular weight is 369 g/mol. The predicted molar refractivity (Wildman–Crippen MR) is 102 cm³/mol. The van der Waals surface area contributed by atoms with Gasteiger partial charge < -0.3 is 0 Å². The van der Waals surface area contributed by atoms with E-state index in [4.69, 9.17) is 0 Å². The second-order valence-electron chi connectivity index (χ2n) is 6.73. The Bertz CT molecular complexity index is 906. The molecule has 0 aliphatic heterocycles. The van der Waals surface area contributed by atoms with E-state index in [2.05, 4.69) is 9.97 Å². The smallest absolute Gasteiger partial charge is 0.232 e. The number of hydrogen-bond donors (Lipinski definition) is 0. The summed E-state index contributed by atoms with van der Waals surface area (Å²) in [5.74, 6) is -0.149. The average Bonchev–Trinajstić information content (AvgIpc) is 3.10. The van der Waals surface area contributed by atoms with Crippen LogP contribution in [0.1, 0.15) is 37.7 Å². The van der Waals surface area contributed by atoms with Crippen LogP contribution in [0.15, 0.2) is 42.7 Å². The Hall–Kier alpha value is -2.34. The monoisotopic (exact) mass is 369 g/mol. The maximum atomic E-state index is 13.5. The quantitative estimate of drug-likeness (QED) is 0.654. The molecule has 1 aliphatic carbocycles. The van der Waals surface area contributed by atoms with Gasteiger partial charge >= 0.3 is 0 Å². The van der Waals surface area contributed by atoms with Crippen molar-refractivity contribution in [3.8, 4) is 0 Å². The molecule has 0 N–H and O–H groups in total. The molecule has 6 heteroatoms. The van der Waals surface area contributed by atoms with Gasteiger partial charge in [0.15, 0.2) is 5.13 Å². The highest BCUT2D eigenvalue weighted by molar-refractivity contribution is 7.22. The number of benzene rings is 1. The van der Waals surface area contributed by atoms with E-state index < -0.39 is 0 Å². The number of carbonyl (C=O) groups excluding carboxylic acids is 1. The number of amides is 1. The van der Waals surface area contributed by atoms with Gasteiger partial charge in [0, 0.05) is 24.4 Å². The van der Waals surface area contributed by atoms with Crippen molar-refractivity contribution in [2.45, 2.75) is 38.6 Å². The van der Waals surface area contributed by atoms with Gasteiger partial charge in [-0.05, 0) is 36.6 Å². The fourth-order valence-electron chi connectivity index (χ4n) is 3.49. The Kier molecular flexibility index (Phi) is 4.93. The number of fused-ring (bicyclic) bond motifs is 1. The van der Waals surface area contributed by atoms with Crippen LogP contribution in [0.4, 0.5) is 9.52 Å². The van der Waals surface area contributed by atoms with Crippen LogP contribution in [0.5, 0.6) is 0 Å². The van der Waals surface area contributed by atoms with Gasteiger partial charge in [-0.3, -0.25) is 14.7 Å². The molecule has 1 amide bonds. The number of pyridine rings is 1. The molecule has 0 bridgehead atoms. The van der Waals surface area contributed by atoms with E-state index in [9.17, 15) is 9.18 Å². The molecule has 26 heavy (non-hydrogen) atoms. The van der Waals surface area contributed by atoms with E-state index in [1.807, 2.05) is 12.1 Å². The number of nitrogens with zero attached hydrogens (tertiary/aromatic N) is 3. The molecular formula is C20H20FN3OS. The lowest BCUT2D eigenvalue weighted by Gasteiger charge is -2.27. The molecule has 0 radical (unpaired) electrons. The molecule has 2 aromatic heterocycles. The largest absolute Gasteiger partial charge is 0.283 e. The molecule has 4 rings (SSSR count). The number of aromatic nitrogens is 2. The first kappa shape index (κ1) is 17.1. The minimum atomic E-state index is -0.313. The van der Waals surface area contributed by atoms with Crippen LogP contribution in [0.25, 0.3) is 10.2 Å². The summed E-state index contributed by atoms with van der Waals surface area (Å²) in [6.45, 7) is 0.436. The molecule has 2 heterocycles. The summed E-state index contributed by atoms with van der Waals surface area (Å²) in [4.78, 5) is 23.7. The third kappa shape index (κ3) is 3.60. The van der Waals surface area contributed by atoms with E-state index in [0.717, 1.165) is 35.9 Å². The fraction of sp³-hybridized carbons (Fsp3) is 0.350. The number of rotatable bonds is 4. The SMILES string of the molecule is O=C(C1CCCCC1)N(Cc1cccnc1)c1nc2cc(F)ccc2s1. The number of thiazole rings is 1. The highest BCUT2D eigenvalue weighted by atomic mass is 32.1. The van der Waals surface area contributed by atoms with Crippen LogP contribution in [0, 0.1) is 11.7 Å². The lowest BCUT2D eigenvalue weighted by atomic mass is 9.88. The Labute approximate surface area is 155 Å². The first-order valence-electron chi connectivity index (χ1n) is 8.97. The zero-order chi connectivity index (χ0) is 17.9. The highest BCUT2D eigenvalue weighted by Crippen LogP contribution is 2.33. The van der Waals surface area contributed by atoms with E-state index in [-0.39, 0.29) is 17.6 Å². The predicted octanol–water partition coefficient (Wildman–Crippen LogP) is 4.94. The van der Waals surface area contributed by atoms with Gasteiger partial charge in [0.05, 0.1) is 16.8 Å². The Morgan fingerprint density at radius 2 is 2.08 bits per heavy atom. The number of hydrogen-bond acceptors (Lipinski definition) is 4. The summed E-state index contributed by atoms with van der Waals surface area (Å²) in [6.07, 6.45) is 8.76. The summed E-state index contributed by atoms with van der Waals surface area (Å²) in [7, 11) is 0.